The molecule has 31 heavy (non-hydrogen) atoms. The number of rotatable bonds is 7. The second-order valence-electron chi connectivity index (χ2n) is 8.23. The lowest BCUT2D eigenvalue weighted by molar-refractivity contribution is -0.143. The summed E-state index contributed by atoms with van der Waals surface area (Å²) < 4.78 is 11.1. The lowest BCUT2D eigenvalue weighted by Crippen LogP contribution is -2.30. The number of benzene rings is 3. The number of carbonyl (C=O) groups is 2. The molecular formula is C26H27NO4. The Morgan fingerprint density at radius 1 is 0.839 bits per heavy atom. The average Bonchev–Trinajstić information content (AvgIpc) is 2.76. The van der Waals surface area contributed by atoms with Crippen molar-refractivity contribution in [2.75, 3.05) is 6.54 Å². The first kappa shape index (κ1) is 22.1. The minimum atomic E-state index is -0.506. The van der Waals surface area contributed by atoms with Crippen LogP contribution in [0.25, 0.3) is 0 Å². The molecule has 3 aromatic rings. The van der Waals surface area contributed by atoms with Gasteiger partial charge >= 0.3 is 5.97 Å². The van der Waals surface area contributed by atoms with Gasteiger partial charge in [-0.15, -0.1) is 0 Å². The molecule has 0 atom stereocenters. The third kappa shape index (κ3) is 6.71. The fourth-order valence-corrected chi connectivity index (χ4v) is 2.91. The minimum Gasteiger partial charge on any atom is -0.460 e. The van der Waals surface area contributed by atoms with Crippen LogP contribution in [0.2, 0.25) is 0 Å². The van der Waals surface area contributed by atoms with Gasteiger partial charge in [0.25, 0.3) is 5.91 Å². The van der Waals surface area contributed by atoms with Crippen LogP contribution >= 0.6 is 0 Å². The van der Waals surface area contributed by atoms with E-state index >= 15 is 0 Å². The van der Waals surface area contributed by atoms with E-state index in [1.165, 1.54) is 0 Å². The Labute approximate surface area is 183 Å². The van der Waals surface area contributed by atoms with Gasteiger partial charge in [-0.25, -0.2) is 0 Å². The fourth-order valence-electron chi connectivity index (χ4n) is 2.91. The van der Waals surface area contributed by atoms with Gasteiger partial charge in [-0.2, -0.15) is 0 Å². The van der Waals surface area contributed by atoms with E-state index in [4.69, 9.17) is 9.47 Å². The second-order valence-corrected chi connectivity index (χ2v) is 8.23. The molecule has 5 nitrogen and oxygen atoms in total. The van der Waals surface area contributed by atoms with Crippen LogP contribution in [0.3, 0.4) is 0 Å². The lowest BCUT2D eigenvalue weighted by atomic mass is 9.87. The third-order valence-corrected chi connectivity index (χ3v) is 4.68. The fraction of sp³-hybridized carbons (Fsp3) is 0.231. The highest BCUT2D eigenvalue weighted by Gasteiger charge is 2.15. The van der Waals surface area contributed by atoms with Gasteiger partial charge in [-0.05, 0) is 52.9 Å². The number of para-hydroxylation sites is 1. The van der Waals surface area contributed by atoms with Crippen molar-refractivity contribution in [3.05, 3.63) is 95.6 Å². The quantitative estimate of drug-likeness (QED) is 0.533. The molecule has 0 saturated heterocycles. The highest BCUT2D eigenvalue weighted by atomic mass is 16.5. The van der Waals surface area contributed by atoms with Crippen LogP contribution in [-0.2, 0) is 21.6 Å². The van der Waals surface area contributed by atoms with Crippen molar-refractivity contribution in [2.24, 2.45) is 0 Å². The van der Waals surface area contributed by atoms with Gasteiger partial charge in [0.1, 0.15) is 24.7 Å². The van der Waals surface area contributed by atoms with Crippen molar-refractivity contribution < 1.29 is 19.1 Å². The molecule has 0 aromatic heterocycles. The molecule has 0 aliphatic rings. The first-order chi connectivity index (χ1) is 14.8. The molecular weight excluding hydrogens is 390 g/mol. The topological polar surface area (TPSA) is 64.6 Å². The molecule has 0 unspecified atom stereocenters. The van der Waals surface area contributed by atoms with Crippen molar-refractivity contribution in [3.8, 4) is 11.5 Å². The van der Waals surface area contributed by atoms with Gasteiger partial charge in [0, 0.05) is 5.56 Å². The summed E-state index contributed by atoms with van der Waals surface area (Å²) in [7, 11) is 0. The molecule has 0 aliphatic heterocycles. The molecule has 0 saturated carbocycles. The SMILES string of the molecule is CC(C)(C)c1ccc(C(=O)NCC(=O)OCc2cccc(Oc3ccccc3)c2)cc1. The van der Waals surface area contributed by atoms with E-state index in [0.717, 1.165) is 16.9 Å². The van der Waals surface area contributed by atoms with Crippen LogP contribution in [0.1, 0.15) is 42.3 Å². The van der Waals surface area contributed by atoms with Crippen molar-refractivity contribution in [2.45, 2.75) is 32.8 Å². The van der Waals surface area contributed by atoms with Crippen molar-refractivity contribution >= 4 is 11.9 Å². The minimum absolute atomic E-state index is 0.0161. The molecule has 3 aromatic carbocycles. The molecule has 5 heteroatoms. The number of esters is 1. The smallest absolute Gasteiger partial charge is 0.325 e. The molecule has 0 aliphatic carbocycles. The summed E-state index contributed by atoms with van der Waals surface area (Å²) in [6, 6.07) is 24.2. The van der Waals surface area contributed by atoms with Crippen molar-refractivity contribution in [1.82, 2.24) is 5.32 Å². The van der Waals surface area contributed by atoms with Crippen molar-refractivity contribution in [3.63, 3.8) is 0 Å². The lowest BCUT2D eigenvalue weighted by Gasteiger charge is -2.19. The molecule has 1 N–H and O–H groups in total. The molecule has 0 spiro atoms. The van der Waals surface area contributed by atoms with E-state index in [1.807, 2.05) is 66.7 Å². The van der Waals surface area contributed by atoms with E-state index < -0.39 is 5.97 Å². The Morgan fingerprint density at radius 2 is 1.52 bits per heavy atom. The zero-order valence-electron chi connectivity index (χ0n) is 18.1. The standard InChI is InChI=1S/C26H27NO4/c1-26(2,3)21-14-12-20(13-15-21)25(29)27-17-24(28)30-18-19-8-7-11-23(16-19)31-22-9-5-4-6-10-22/h4-16H,17-18H2,1-3H3,(H,27,29). The van der Waals surface area contributed by atoms with Gasteiger partial charge in [-0.3, -0.25) is 9.59 Å². The molecule has 3 rings (SSSR count). The van der Waals surface area contributed by atoms with Crippen molar-refractivity contribution in [1.29, 1.82) is 0 Å². The van der Waals surface area contributed by atoms with Crippen LogP contribution in [0, 0.1) is 0 Å². The monoisotopic (exact) mass is 417 g/mol. The van der Waals surface area contributed by atoms with E-state index in [2.05, 4.69) is 26.1 Å². The van der Waals surface area contributed by atoms with Crippen LogP contribution < -0.4 is 10.1 Å². The van der Waals surface area contributed by atoms with Gasteiger partial charge in [0.15, 0.2) is 0 Å². The number of ether oxygens (including phenoxy) is 2. The highest BCUT2D eigenvalue weighted by molar-refractivity contribution is 5.95. The Kier molecular flexibility index (Phi) is 7.08. The maximum absolute atomic E-state index is 12.3. The first-order valence-electron chi connectivity index (χ1n) is 10.2. The van der Waals surface area contributed by atoms with Gasteiger partial charge in [0.2, 0.25) is 0 Å². The van der Waals surface area contributed by atoms with Gasteiger partial charge < -0.3 is 14.8 Å². The van der Waals surface area contributed by atoms with Crippen LogP contribution in [0.4, 0.5) is 0 Å². The summed E-state index contributed by atoms with van der Waals surface area (Å²) in [6.07, 6.45) is 0. The number of hydrogen-bond donors (Lipinski definition) is 1. The largest absolute Gasteiger partial charge is 0.460 e. The van der Waals surface area contributed by atoms with E-state index in [1.54, 1.807) is 12.1 Å². The Hall–Kier alpha value is -3.60. The second kappa shape index (κ2) is 9.94. The molecule has 160 valence electrons. The van der Waals surface area contributed by atoms with Crippen LogP contribution in [0.5, 0.6) is 11.5 Å². The van der Waals surface area contributed by atoms with E-state index in [0.29, 0.717) is 11.3 Å². The summed E-state index contributed by atoms with van der Waals surface area (Å²) in [5.41, 5.74) is 2.46. The molecule has 0 heterocycles. The summed E-state index contributed by atoms with van der Waals surface area (Å²) >= 11 is 0. The van der Waals surface area contributed by atoms with Crippen LogP contribution in [0.15, 0.2) is 78.9 Å². The molecule has 1 amide bonds. The van der Waals surface area contributed by atoms with E-state index in [-0.39, 0.29) is 24.5 Å². The Bertz CT molecular complexity index is 1020. The van der Waals surface area contributed by atoms with Gasteiger partial charge in [-0.1, -0.05) is 63.2 Å². The first-order valence-corrected chi connectivity index (χ1v) is 10.2. The molecule has 0 fully saturated rings. The van der Waals surface area contributed by atoms with Gasteiger partial charge in [0.05, 0.1) is 0 Å². The summed E-state index contributed by atoms with van der Waals surface area (Å²) in [5, 5.41) is 2.60. The zero-order valence-corrected chi connectivity index (χ0v) is 18.1. The predicted molar refractivity (Wildman–Crippen MR) is 120 cm³/mol. The number of hydrogen-bond acceptors (Lipinski definition) is 4. The predicted octanol–water partition coefficient (Wildman–Crippen LogP) is 5.25. The van der Waals surface area contributed by atoms with E-state index in [9.17, 15) is 9.59 Å². The Morgan fingerprint density at radius 3 is 2.19 bits per heavy atom. The number of amides is 1. The molecule has 0 radical (unpaired) electrons. The molecule has 0 bridgehead atoms. The average molecular weight is 418 g/mol. The third-order valence-electron chi connectivity index (χ3n) is 4.68. The summed E-state index contributed by atoms with van der Waals surface area (Å²) in [4.78, 5) is 24.3. The van der Waals surface area contributed by atoms with Crippen LogP contribution in [-0.4, -0.2) is 18.4 Å². The summed E-state index contributed by atoms with van der Waals surface area (Å²) in [5.74, 6) is 0.575. The number of carbonyl (C=O) groups excluding carboxylic acids is 2. The maximum atomic E-state index is 12.3. The number of nitrogens with one attached hydrogen (secondary N) is 1. The maximum Gasteiger partial charge on any atom is 0.325 e. The Balaban J connectivity index is 1.47. The highest BCUT2D eigenvalue weighted by Crippen LogP contribution is 2.23. The summed E-state index contributed by atoms with van der Waals surface area (Å²) in [6.45, 7) is 6.24. The normalized spacial score (nSPS) is 10.9. The zero-order chi connectivity index (χ0) is 22.3.